The van der Waals surface area contributed by atoms with E-state index in [4.69, 9.17) is 5.73 Å². The third-order valence-electron chi connectivity index (χ3n) is 6.74. The molecule has 0 atom stereocenters. The zero-order valence-electron chi connectivity index (χ0n) is 16.9. The molecule has 0 aromatic heterocycles. The van der Waals surface area contributed by atoms with Crippen molar-refractivity contribution >= 4 is 0 Å². The summed E-state index contributed by atoms with van der Waals surface area (Å²) in [5, 5.41) is 0. The number of halogens is 3. The van der Waals surface area contributed by atoms with Crippen LogP contribution in [0.3, 0.4) is 0 Å². The Bertz CT molecular complexity index is 571. The van der Waals surface area contributed by atoms with Gasteiger partial charge in [-0.25, -0.2) is 0 Å². The van der Waals surface area contributed by atoms with E-state index in [2.05, 4.69) is 4.90 Å². The van der Waals surface area contributed by atoms with Crippen LogP contribution < -0.4 is 5.73 Å². The number of hydrogen-bond donors (Lipinski definition) is 1. The molecule has 2 aliphatic carbocycles. The summed E-state index contributed by atoms with van der Waals surface area (Å²) in [6.07, 6.45) is 7.22. The second-order valence-corrected chi connectivity index (χ2v) is 9.02. The number of alkyl halides is 3. The molecule has 0 aliphatic heterocycles. The maximum absolute atomic E-state index is 12.8. The molecule has 1 aromatic carbocycles. The highest BCUT2D eigenvalue weighted by Crippen LogP contribution is 2.32. The quantitative estimate of drug-likeness (QED) is 0.626. The molecule has 0 spiro atoms. The molecule has 28 heavy (non-hydrogen) atoms. The predicted octanol–water partition coefficient (Wildman–Crippen LogP) is 5.85. The molecule has 2 saturated carbocycles. The molecule has 0 radical (unpaired) electrons. The molecule has 2 fully saturated rings. The average Bonchev–Trinajstić information content (AvgIpc) is 2.69. The topological polar surface area (TPSA) is 29.3 Å². The van der Waals surface area contributed by atoms with Crippen LogP contribution in [0.2, 0.25) is 0 Å². The summed E-state index contributed by atoms with van der Waals surface area (Å²) in [4.78, 5) is 2.52. The first-order chi connectivity index (χ1) is 13.4. The number of rotatable bonds is 7. The van der Waals surface area contributed by atoms with Gasteiger partial charge in [0.25, 0.3) is 0 Å². The molecular formula is C23H35F3N2. The van der Waals surface area contributed by atoms with Crippen LogP contribution in [0.4, 0.5) is 13.2 Å². The van der Waals surface area contributed by atoms with Crippen molar-refractivity contribution in [3.63, 3.8) is 0 Å². The second kappa shape index (κ2) is 10.1. The first-order valence-electron chi connectivity index (χ1n) is 11.0. The standard InChI is InChI=1S/C23H35F3N2/c24-23(25,26)22-12-10-21(11-13-22)17-28(15-19-4-2-1-3-5-19)16-20-8-6-18(14-27)7-9-20/h10-13,18-20H,1-9,14-17,27H2. The highest BCUT2D eigenvalue weighted by molar-refractivity contribution is 5.24. The normalized spacial score (nSPS) is 24.6. The molecule has 1 aromatic rings. The largest absolute Gasteiger partial charge is 0.416 e. The zero-order valence-corrected chi connectivity index (χ0v) is 16.9. The maximum atomic E-state index is 12.8. The Hall–Kier alpha value is -1.07. The zero-order chi connectivity index (χ0) is 20.0. The average molecular weight is 397 g/mol. The lowest BCUT2D eigenvalue weighted by Gasteiger charge is -2.35. The van der Waals surface area contributed by atoms with Gasteiger partial charge in [-0.15, -0.1) is 0 Å². The molecule has 2 aliphatic rings. The van der Waals surface area contributed by atoms with Gasteiger partial charge in [-0.3, -0.25) is 4.90 Å². The lowest BCUT2D eigenvalue weighted by Crippen LogP contribution is -2.36. The number of nitrogens with zero attached hydrogens (tertiary/aromatic N) is 1. The van der Waals surface area contributed by atoms with Gasteiger partial charge in [0.15, 0.2) is 0 Å². The minimum Gasteiger partial charge on any atom is -0.330 e. The minimum atomic E-state index is -4.26. The van der Waals surface area contributed by atoms with Crippen molar-refractivity contribution in [1.29, 1.82) is 0 Å². The second-order valence-electron chi connectivity index (χ2n) is 9.02. The first kappa shape index (κ1) is 21.6. The SMILES string of the molecule is NCC1CCC(CN(Cc2ccc(C(F)(F)F)cc2)CC2CCCCC2)CC1. The van der Waals surface area contributed by atoms with Gasteiger partial charge in [-0.2, -0.15) is 13.2 Å². The van der Waals surface area contributed by atoms with E-state index >= 15 is 0 Å². The van der Waals surface area contributed by atoms with Crippen LogP contribution in [0, 0.1) is 17.8 Å². The van der Waals surface area contributed by atoms with Crippen LogP contribution in [-0.2, 0) is 12.7 Å². The van der Waals surface area contributed by atoms with Crippen molar-refractivity contribution in [2.75, 3.05) is 19.6 Å². The Morgan fingerprint density at radius 1 is 0.786 bits per heavy atom. The van der Waals surface area contributed by atoms with Gasteiger partial charge in [-0.1, -0.05) is 31.4 Å². The predicted molar refractivity (Wildman–Crippen MR) is 108 cm³/mol. The number of benzene rings is 1. The fourth-order valence-corrected chi connectivity index (χ4v) is 5.01. The van der Waals surface area contributed by atoms with Crippen molar-refractivity contribution in [3.8, 4) is 0 Å². The summed E-state index contributed by atoms with van der Waals surface area (Å²) in [5.74, 6) is 2.11. The van der Waals surface area contributed by atoms with E-state index in [1.165, 1.54) is 69.9 Å². The molecule has 2 N–H and O–H groups in total. The van der Waals surface area contributed by atoms with Gasteiger partial charge in [0.2, 0.25) is 0 Å². The van der Waals surface area contributed by atoms with Crippen LogP contribution in [0.1, 0.15) is 68.9 Å². The monoisotopic (exact) mass is 396 g/mol. The third-order valence-corrected chi connectivity index (χ3v) is 6.74. The first-order valence-corrected chi connectivity index (χ1v) is 11.0. The van der Waals surface area contributed by atoms with Gasteiger partial charge >= 0.3 is 6.18 Å². The van der Waals surface area contributed by atoms with Crippen LogP contribution in [0.5, 0.6) is 0 Å². The fraction of sp³-hybridized carbons (Fsp3) is 0.739. The lowest BCUT2D eigenvalue weighted by molar-refractivity contribution is -0.137. The van der Waals surface area contributed by atoms with Crippen molar-refractivity contribution in [3.05, 3.63) is 35.4 Å². The highest BCUT2D eigenvalue weighted by Gasteiger charge is 2.30. The van der Waals surface area contributed by atoms with E-state index in [-0.39, 0.29) is 0 Å². The molecule has 0 saturated heterocycles. The van der Waals surface area contributed by atoms with Gasteiger partial charge in [-0.05, 0) is 80.5 Å². The van der Waals surface area contributed by atoms with E-state index in [1.807, 2.05) is 0 Å². The molecule has 5 heteroatoms. The summed E-state index contributed by atoms with van der Waals surface area (Å²) >= 11 is 0. The summed E-state index contributed by atoms with van der Waals surface area (Å²) in [7, 11) is 0. The van der Waals surface area contributed by atoms with Crippen molar-refractivity contribution in [2.45, 2.75) is 70.5 Å². The minimum absolute atomic E-state index is 0.560. The molecule has 0 bridgehead atoms. The summed E-state index contributed by atoms with van der Waals surface area (Å²) in [6.45, 7) is 3.70. The van der Waals surface area contributed by atoms with Crippen molar-refractivity contribution in [1.82, 2.24) is 4.90 Å². The van der Waals surface area contributed by atoms with Crippen molar-refractivity contribution < 1.29 is 13.2 Å². The Labute approximate surface area is 167 Å². The van der Waals surface area contributed by atoms with E-state index in [0.29, 0.717) is 11.8 Å². The van der Waals surface area contributed by atoms with Crippen LogP contribution in [0.15, 0.2) is 24.3 Å². The van der Waals surface area contributed by atoms with Gasteiger partial charge in [0.1, 0.15) is 0 Å². The Kier molecular flexibility index (Phi) is 7.81. The Morgan fingerprint density at radius 3 is 1.86 bits per heavy atom. The van der Waals surface area contributed by atoms with E-state index in [9.17, 15) is 13.2 Å². The Balaban J connectivity index is 1.61. The summed E-state index contributed by atoms with van der Waals surface area (Å²) < 4.78 is 38.5. The number of nitrogens with two attached hydrogens (primary N) is 1. The van der Waals surface area contributed by atoms with Crippen LogP contribution >= 0.6 is 0 Å². The third kappa shape index (κ3) is 6.48. The smallest absolute Gasteiger partial charge is 0.330 e. The molecule has 158 valence electrons. The summed E-state index contributed by atoms with van der Waals surface area (Å²) in [6, 6.07) is 5.76. The van der Waals surface area contributed by atoms with E-state index in [1.54, 1.807) is 12.1 Å². The molecule has 0 amide bonds. The summed E-state index contributed by atoms with van der Waals surface area (Å²) in [5.41, 5.74) is 6.25. The van der Waals surface area contributed by atoms with Crippen LogP contribution in [-0.4, -0.2) is 24.5 Å². The van der Waals surface area contributed by atoms with Gasteiger partial charge < -0.3 is 5.73 Å². The fourth-order valence-electron chi connectivity index (χ4n) is 5.01. The van der Waals surface area contributed by atoms with E-state index in [0.717, 1.165) is 37.7 Å². The van der Waals surface area contributed by atoms with Crippen molar-refractivity contribution in [2.24, 2.45) is 23.5 Å². The molecule has 0 heterocycles. The van der Waals surface area contributed by atoms with Gasteiger partial charge in [0, 0.05) is 19.6 Å². The van der Waals surface area contributed by atoms with Crippen LogP contribution in [0.25, 0.3) is 0 Å². The molecule has 3 rings (SSSR count). The lowest BCUT2D eigenvalue weighted by atomic mass is 9.81. The maximum Gasteiger partial charge on any atom is 0.416 e. The van der Waals surface area contributed by atoms with E-state index < -0.39 is 11.7 Å². The molecular weight excluding hydrogens is 361 g/mol. The highest BCUT2D eigenvalue weighted by atomic mass is 19.4. The van der Waals surface area contributed by atoms with Gasteiger partial charge in [0.05, 0.1) is 5.56 Å². The molecule has 0 unspecified atom stereocenters. The Morgan fingerprint density at radius 2 is 1.32 bits per heavy atom. The number of hydrogen-bond acceptors (Lipinski definition) is 2. The molecule has 2 nitrogen and oxygen atoms in total.